The van der Waals surface area contributed by atoms with E-state index in [0.717, 1.165) is 37.1 Å². The van der Waals surface area contributed by atoms with Crippen molar-refractivity contribution in [1.82, 2.24) is 10.3 Å². The third-order valence-corrected chi connectivity index (χ3v) is 4.07. The first kappa shape index (κ1) is 17.4. The largest absolute Gasteiger partial charge is 0.494 e. The van der Waals surface area contributed by atoms with Crippen LogP contribution in [-0.2, 0) is 4.79 Å². The number of carbonyl (C=O) groups excluding carboxylic acids is 1. The van der Waals surface area contributed by atoms with Gasteiger partial charge in [-0.3, -0.25) is 4.79 Å². The van der Waals surface area contributed by atoms with E-state index < -0.39 is 0 Å². The molecule has 0 saturated heterocycles. The molecule has 126 valence electrons. The number of aromatic nitrogens is 1. The first-order valence-corrected chi connectivity index (χ1v) is 8.66. The molecule has 2 rings (SSSR count). The Labute approximate surface area is 138 Å². The van der Waals surface area contributed by atoms with E-state index in [1.54, 1.807) is 0 Å². The molecule has 0 bridgehead atoms. The molecule has 0 fully saturated rings. The zero-order chi connectivity index (χ0) is 16.7. The molecule has 0 saturated carbocycles. The molecule has 23 heavy (non-hydrogen) atoms. The predicted octanol–water partition coefficient (Wildman–Crippen LogP) is 4.37. The van der Waals surface area contributed by atoms with Crippen molar-refractivity contribution in [2.75, 3.05) is 13.2 Å². The zero-order valence-corrected chi connectivity index (χ0v) is 14.4. The monoisotopic (exact) mass is 316 g/mol. The summed E-state index contributed by atoms with van der Waals surface area (Å²) in [4.78, 5) is 15.0. The Morgan fingerprint density at radius 2 is 2.13 bits per heavy atom. The van der Waals surface area contributed by atoms with E-state index in [0.29, 0.717) is 13.0 Å². The van der Waals surface area contributed by atoms with Crippen LogP contribution in [0, 0.1) is 0 Å². The molecule has 0 aliphatic heterocycles. The van der Waals surface area contributed by atoms with Gasteiger partial charge in [0.15, 0.2) is 0 Å². The third kappa shape index (κ3) is 4.75. The van der Waals surface area contributed by atoms with Crippen molar-refractivity contribution in [3.05, 3.63) is 30.0 Å². The molecular weight excluding hydrogens is 288 g/mol. The van der Waals surface area contributed by atoms with Crippen LogP contribution < -0.4 is 10.1 Å². The van der Waals surface area contributed by atoms with E-state index >= 15 is 0 Å². The van der Waals surface area contributed by atoms with E-state index in [1.165, 1.54) is 10.9 Å². The van der Waals surface area contributed by atoms with Crippen molar-refractivity contribution in [3.63, 3.8) is 0 Å². The minimum absolute atomic E-state index is 0.128. The summed E-state index contributed by atoms with van der Waals surface area (Å²) in [5.74, 6) is 1.30. The molecule has 0 aliphatic rings. The SMILES string of the molecule is CCCCOc1ccc2[nH]cc(C(C)CNC(=O)CCC)c2c1. The number of H-pyrrole nitrogens is 1. The van der Waals surface area contributed by atoms with Crippen molar-refractivity contribution >= 4 is 16.8 Å². The minimum atomic E-state index is 0.128. The highest BCUT2D eigenvalue weighted by Crippen LogP contribution is 2.28. The van der Waals surface area contributed by atoms with E-state index in [-0.39, 0.29) is 11.8 Å². The lowest BCUT2D eigenvalue weighted by atomic mass is 10.0. The van der Waals surface area contributed by atoms with Gasteiger partial charge in [-0.25, -0.2) is 0 Å². The predicted molar refractivity (Wildman–Crippen MR) is 95.0 cm³/mol. The second kappa shape index (κ2) is 8.61. The maximum atomic E-state index is 11.6. The molecule has 0 radical (unpaired) electrons. The van der Waals surface area contributed by atoms with E-state index in [2.05, 4.69) is 36.3 Å². The van der Waals surface area contributed by atoms with Gasteiger partial charge in [0, 0.05) is 36.0 Å². The Hall–Kier alpha value is -1.97. The van der Waals surface area contributed by atoms with Gasteiger partial charge in [0.05, 0.1) is 6.61 Å². The topological polar surface area (TPSA) is 54.1 Å². The van der Waals surface area contributed by atoms with Gasteiger partial charge in [0.2, 0.25) is 5.91 Å². The first-order valence-electron chi connectivity index (χ1n) is 8.66. The van der Waals surface area contributed by atoms with Gasteiger partial charge in [-0.15, -0.1) is 0 Å². The molecule has 1 heterocycles. The molecule has 0 aliphatic carbocycles. The number of hydrogen-bond donors (Lipinski definition) is 2. The second-order valence-electron chi connectivity index (χ2n) is 6.11. The summed E-state index contributed by atoms with van der Waals surface area (Å²) >= 11 is 0. The Morgan fingerprint density at radius 1 is 1.30 bits per heavy atom. The van der Waals surface area contributed by atoms with Crippen LogP contribution in [0.4, 0.5) is 0 Å². The van der Waals surface area contributed by atoms with Crippen molar-refractivity contribution < 1.29 is 9.53 Å². The lowest BCUT2D eigenvalue weighted by Crippen LogP contribution is -2.26. The van der Waals surface area contributed by atoms with Gasteiger partial charge in [0.1, 0.15) is 5.75 Å². The van der Waals surface area contributed by atoms with Gasteiger partial charge in [-0.1, -0.05) is 27.2 Å². The summed E-state index contributed by atoms with van der Waals surface area (Å²) in [5.41, 5.74) is 2.33. The fourth-order valence-electron chi connectivity index (χ4n) is 2.65. The molecular formula is C19H28N2O2. The summed E-state index contributed by atoms with van der Waals surface area (Å²) in [6.45, 7) is 7.73. The Bertz CT molecular complexity index is 633. The van der Waals surface area contributed by atoms with Crippen molar-refractivity contribution in [1.29, 1.82) is 0 Å². The van der Waals surface area contributed by atoms with Crippen LogP contribution in [0.15, 0.2) is 24.4 Å². The number of aromatic amines is 1. The van der Waals surface area contributed by atoms with Crippen LogP contribution in [0.25, 0.3) is 10.9 Å². The summed E-state index contributed by atoms with van der Waals surface area (Å²) in [5, 5.41) is 4.19. The van der Waals surface area contributed by atoms with Crippen LogP contribution in [0.1, 0.15) is 57.9 Å². The smallest absolute Gasteiger partial charge is 0.220 e. The molecule has 1 atom stereocenters. The standard InChI is InChI=1S/C19H28N2O2/c1-4-6-10-23-15-8-9-18-16(11-15)17(13-20-18)14(3)12-21-19(22)7-5-2/h8-9,11,13-14,20H,4-7,10,12H2,1-3H3,(H,21,22). The number of nitrogens with one attached hydrogen (secondary N) is 2. The normalized spacial score (nSPS) is 12.3. The van der Waals surface area contributed by atoms with Crippen LogP contribution in [0.3, 0.4) is 0 Å². The Morgan fingerprint density at radius 3 is 2.87 bits per heavy atom. The van der Waals surface area contributed by atoms with Crippen molar-refractivity contribution in [3.8, 4) is 5.75 Å². The van der Waals surface area contributed by atoms with Gasteiger partial charge in [-0.2, -0.15) is 0 Å². The highest BCUT2D eigenvalue weighted by molar-refractivity contribution is 5.85. The number of amides is 1. The summed E-state index contributed by atoms with van der Waals surface area (Å²) < 4.78 is 5.81. The average molecular weight is 316 g/mol. The Balaban J connectivity index is 2.07. The van der Waals surface area contributed by atoms with Gasteiger partial charge in [0.25, 0.3) is 0 Å². The second-order valence-corrected chi connectivity index (χ2v) is 6.11. The molecule has 1 aromatic heterocycles. The Kier molecular flexibility index (Phi) is 6.51. The quantitative estimate of drug-likeness (QED) is 0.675. The lowest BCUT2D eigenvalue weighted by Gasteiger charge is -2.12. The zero-order valence-electron chi connectivity index (χ0n) is 14.4. The van der Waals surface area contributed by atoms with Crippen molar-refractivity contribution in [2.24, 2.45) is 0 Å². The number of rotatable bonds is 9. The maximum absolute atomic E-state index is 11.6. The number of unbranched alkanes of at least 4 members (excludes halogenated alkanes) is 1. The number of carbonyl (C=O) groups is 1. The fraction of sp³-hybridized carbons (Fsp3) is 0.526. The highest BCUT2D eigenvalue weighted by atomic mass is 16.5. The van der Waals surface area contributed by atoms with Gasteiger partial charge in [-0.05, 0) is 36.6 Å². The number of hydrogen-bond acceptors (Lipinski definition) is 2. The van der Waals surface area contributed by atoms with Crippen molar-refractivity contribution in [2.45, 2.75) is 52.4 Å². The summed E-state index contributed by atoms with van der Waals surface area (Å²) in [7, 11) is 0. The molecule has 1 unspecified atom stereocenters. The first-order chi connectivity index (χ1) is 11.2. The summed E-state index contributed by atoms with van der Waals surface area (Å²) in [6, 6.07) is 6.16. The van der Waals surface area contributed by atoms with E-state index in [1.807, 2.05) is 19.2 Å². The molecule has 1 aromatic carbocycles. The number of ether oxygens (including phenoxy) is 1. The maximum Gasteiger partial charge on any atom is 0.220 e. The minimum Gasteiger partial charge on any atom is -0.494 e. The molecule has 4 heteroatoms. The molecule has 2 aromatic rings. The highest BCUT2D eigenvalue weighted by Gasteiger charge is 2.13. The average Bonchev–Trinajstić information content (AvgIpc) is 2.96. The molecule has 0 spiro atoms. The van der Waals surface area contributed by atoms with Gasteiger partial charge < -0.3 is 15.0 Å². The molecule has 1 amide bonds. The number of fused-ring (bicyclic) bond motifs is 1. The molecule has 4 nitrogen and oxygen atoms in total. The lowest BCUT2D eigenvalue weighted by molar-refractivity contribution is -0.121. The number of benzene rings is 1. The van der Waals surface area contributed by atoms with Crippen LogP contribution in [0.2, 0.25) is 0 Å². The van der Waals surface area contributed by atoms with E-state index in [4.69, 9.17) is 4.74 Å². The van der Waals surface area contributed by atoms with Gasteiger partial charge >= 0.3 is 0 Å². The van der Waals surface area contributed by atoms with Crippen LogP contribution >= 0.6 is 0 Å². The molecule has 2 N–H and O–H groups in total. The fourth-order valence-corrected chi connectivity index (χ4v) is 2.65. The summed E-state index contributed by atoms with van der Waals surface area (Å²) in [6.07, 6.45) is 5.71. The van der Waals surface area contributed by atoms with Crippen LogP contribution in [0.5, 0.6) is 5.75 Å². The third-order valence-electron chi connectivity index (χ3n) is 4.07. The van der Waals surface area contributed by atoms with E-state index in [9.17, 15) is 4.79 Å². The van der Waals surface area contributed by atoms with Crippen LogP contribution in [-0.4, -0.2) is 24.0 Å².